The molecule has 0 spiro atoms. The quantitative estimate of drug-likeness (QED) is 0.821. The molecule has 3 nitrogen and oxygen atoms in total. The van der Waals surface area contributed by atoms with Gasteiger partial charge in [-0.2, -0.15) is 0 Å². The first-order chi connectivity index (χ1) is 6.79. The number of likely N-dealkylation sites (tertiary alicyclic amines) is 1. The number of hydrogen-bond donors (Lipinski definition) is 1. The molecule has 2 rings (SSSR count). The number of nitrogens with two attached hydrogens (primary N) is 1. The van der Waals surface area contributed by atoms with Crippen LogP contribution >= 0.6 is 11.3 Å². The summed E-state index contributed by atoms with van der Waals surface area (Å²) in [4.78, 5) is 6.94. The Balaban J connectivity index is 1.96. The summed E-state index contributed by atoms with van der Waals surface area (Å²) in [6.45, 7) is 5.00. The van der Waals surface area contributed by atoms with E-state index in [2.05, 4.69) is 15.3 Å². The van der Waals surface area contributed by atoms with Crippen LogP contribution in [-0.2, 0) is 6.54 Å². The number of rotatable bonds is 3. The summed E-state index contributed by atoms with van der Waals surface area (Å²) < 4.78 is 0. The second kappa shape index (κ2) is 4.38. The first-order valence-corrected chi connectivity index (χ1v) is 6.02. The number of hydrogen-bond acceptors (Lipinski definition) is 4. The Morgan fingerprint density at radius 3 is 3.21 bits per heavy atom. The average molecular weight is 211 g/mol. The van der Waals surface area contributed by atoms with E-state index in [1.54, 1.807) is 11.3 Å². The maximum Gasteiger partial charge on any atom is 0.107 e. The lowest BCUT2D eigenvalue weighted by atomic mass is 10.2. The Bertz CT molecular complexity index is 297. The van der Waals surface area contributed by atoms with Gasteiger partial charge in [-0.3, -0.25) is 4.90 Å². The summed E-state index contributed by atoms with van der Waals surface area (Å²) in [5.41, 5.74) is 6.86. The van der Waals surface area contributed by atoms with Crippen LogP contribution in [0.1, 0.15) is 23.5 Å². The molecule has 1 aliphatic rings. The van der Waals surface area contributed by atoms with E-state index in [0.29, 0.717) is 6.04 Å². The highest BCUT2D eigenvalue weighted by molar-refractivity contribution is 7.09. The number of thiazole rings is 1. The van der Waals surface area contributed by atoms with Crippen LogP contribution in [0.3, 0.4) is 0 Å². The van der Waals surface area contributed by atoms with Crippen molar-refractivity contribution in [2.75, 3.05) is 13.1 Å². The second-order valence-corrected chi connectivity index (χ2v) is 4.83. The lowest BCUT2D eigenvalue weighted by Crippen LogP contribution is -2.34. The monoisotopic (exact) mass is 211 g/mol. The van der Waals surface area contributed by atoms with Crippen LogP contribution in [0.25, 0.3) is 0 Å². The molecule has 1 aromatic rings. The van der Waals surface area contributed by atoms with E-state index in [1.807, 2.05) is 6.92 Å². The molecular formula is C10H17N3S. The van der Waals surface area contributed by atoms with Gasteiger partial charge in [0.05, 0.1) is 6.54 Å². The Labute approximate surface area is 88.9 Å². The molecule has 2 heterocycles. The Hall–Kier alpha value is -0.450. The van der Waals surface area contributed by atoms with Crippen molar-refractivity contribution >= 4 is 11.3 Å². The Morgan fingerprint density at radius 1 is 1.71 bits per heavy atom. The maximum absolute atomic E-state index is 5.72. The minimum Gasteiger partial charge on any atom is -0.329 e. The molecular weight excluding hydrogens is 194 g/mol. The summed E-state index contributed by atoms with van der Waals surface area (Å²) >= 11 is 1.76. The van der Waals surface area contributed by atoms with E-state index in [9.17, 15) is 0 Å². The molecule has 1 aromatic heterocycles. The smallest absolute Gasteiger partial charge is 0.107 e. The van der Waals surface area contributed by atoms with E-state index >= 15 is 0 Å². The molecule has 0 saturated carbocycles. The third-order valence-corrected chi connectivity index (χ3v) is 3.73. The zero-order valence-electron chi connectivity index (χ0n) is 8.57. The number of nitrogens with zero attached hydrogens (tertiary/aromatic N) is 2. The summed E-state index contributed by atoms with van der Waals surface area (Å²) in [6.07, 6.45) is 2.53. The van der Waals surface area contributed by atoms with Gasteiger partial charge in [-0.25, -0.2) is 4.98 Å². The normalized spacial score (nSPS) is 23.1. The van der Waals surface area contributed by atoms with Gasteiger partial charge in [0, 0.05) is 23.7 Å². The molecule has 1 atom stereocenters. The molecule has 0 aromatic carbocycles. The van der Waals surface area contributed by atoms with Crippen molar-refractivity contribution in [2.24, 2.45) is 5.73 Å². The minimum absolute atomic E-state index is 0.583. The molecule has 2 N–H and O–H groups in total. The van der Waals surface area contributed by atoms with E-state index in [-0.39, 0.29) is 0 Å². The highest BCUT2D eigenvalue weighted by Gasteiger charge is 2.23. The standard InChI is InChI=1S/C10H17N3S/c1-8-7-14-10(12-8)6-13-4-2-3-9(13)5-11/h7,9H,2-6,11H2,1H3. The topological polar surface area (TPSA) is 42.1 Å². The van der Waals surface area contributed by atoms with Crippen molar-refractivity contribution < 1.29 is 0 Å². The highest BCUT2D eigenvalue weighted by atomic mass is 32.1. The molecule has 4 heteroatoms. The van der Waals surface area contributed by atoms with Crippen molar-refractivity contribution in [3.8, 4) is 0 Å². The first kappa shape index (κ1) is 10.1. The molecule has 0 amide bonds. The molecule has 0 bridgehead atoms. The van der Waals surface area contributed by atoms with Crippen LogP contribution in [0.5, 0.6) is 0 Å². The first-order valence-electron chi connectivity index (χ1n) is 5.14. The van der Waals surface area contributed by atoms with Gasteiger partial charge >= 0.3 is 0 Å². The predicted molar refractivity (Wildman–Crippen MR) is 59.3 cm³/mol. The summed E-state index contributed by atoms with van der Waals surface area (Å²) in [5.74, 6) is 0. The zero-order valence-corrected chi connectivity index (χ0v) is 9.39. The van der Waals surface area contributed by atoms with Crippen LogP contribution in [0, 0.1) is 6.92 Å². The van der Waals surface area contributed by atoms with Gasteiger partial charge in [0.25, 0.3) is 0 Å². The number of aryl methyl sites for hydroxylation is 1. The number of aromatic nitrogens is 1. The molecule has 1 saturated heterocycles. The fraction of sp³-hybridized carbons (Fsp3) is 0.700. The average Bonchev–Trinajstić information content (AvgIpc) is 2.76. The molecule has 0 radical (unpaired) electrons. The van der Waals surface area contributed by atoms with Gasteiger partial charge in [0.15, 0.2) is 0 Å². The van der Waals surface area contributed by atoms with Crippen molar-refractivity contribution in [3.63, 3.8) is 0 Å². The summed E-state index contributed by atoms with van der Waals surface area (Å²) in [5, 5.41) is 3.34. The van der Waals surface area contributed by atoms with Crippen molar-refractivity contribution in [1.29, 1.82) is 0 Å². The maximum atomic E-state index is 5.72. The Morgan fingerprint density at radius 2 is 2.57 bits per heavy atom. The minimum atomic E-state index is 0.583. The summed E-state index contributed by atoms with van der Waals surface area (Å²) in [6, 6.07) is 0.583. The van der Waals surface area contributed by atoms with Crippen LogP contribution in [0.2, 0.25) is 0 Å². The van der Waals surface area contributed by atoms with E-state index in [0.717, 1.165) is 18.8 Å². The van der Waals surface area contributed by atoms with Crippen molar-refractivity contribution in [2.45, 2.75) is 32.4 Å². The van der Waals surface area contributed by atoms with E-state index in [4.69, 9.17) is 5.73 Å². The highest BCUT2D eigenvalue weighted by Crippen LogP contribution is 2.20. The third kappa shape index (κ3) is 2.13. The van der Waals surface area contributed by atoms with E-state index in [1.165, 1.54) is 24.4 Å². The largest absolute Gasteiger partial charge is 0.329 e. The molecule has 1 fully saturated rings. The van der Waals surface area contributed by atoms with Crippen molar-refractivity contribution in [3.05, 3.63) is 16.1 Å². The molecule has 78 valence electrons. The van der Waals surface area contributed by atoms with Gasteiger partial charge in [-0.05, 0) is 26.3 Å². The van der Waals surface area contributed by atoms with Gasteiger partial charge in [0.1, 0.15) is 5.01 Å². The van der Waals surface area contributed by atoms with E-state index < -0.39 is 0 Å². The van der Waals surface area contributed by atoms with Gasteiger partial charge in [0.2, 0.25) is 0 Å². The molecule has 1 unspecified atom stereocenters. The van der Waals surface area contributed by atoms with Crippen LogP contribution in [-0.4, -0.2) is 29.0 Å². The van der Waals surface area contributed by atoms with Gasteiger partial charge < -0.3 is 5.73 Å². The third-order valence-electron chi connectivity index (χ3n) is 2.78. The fourth-order valence-electron chi connectivity index (χ4n) is 2.02. The van der Waals surface area contributed by atoms with Crippen LogP contribution in [0.15, 0.2) is 5.38 Å². The fourth-order valence-corrected chi connectivity index (χ4v) is 2.82. The molecule has 14 heavy (non-hydrogen) atoms. The van der Waals surface area contributed by atoms with Gasteiger partial charge in [-0.1, -0.05) is 0 Å². The summed E-state index contributed by atoms with van der Waals surface area (Å²) in [7, 11) is 0. The van der Waals surface area contributed by atoms with Crippen molar-refractivity contribution in [1.82, 2.24) is 9.88 Å². The van der Waals surface area contributed by atoms with Crippen LogP contribution in [0.4, 0.5) is 0 Å². The van der Waals surface area contributed by atoms with Gasteiger partial charge in [-0.15, -0.1) is 11.3 Å². The van der Waals surface area contributed by atoms with Crippen LogP contribution < -0.4 is 5.73 Å². The second-order valence-electron chi connectivity index (χ2n) is 3.88. The Kier molecular flexibility index (Phi) is 3.15. The zero-order chi connectivity index (χ0) is 9.97. The molecule has 1 aliphatic heterocycles. The lowest BCUT2D eigenvalue weighted by molar-refractivity contribution is 0.250. The SMILES string of the molecule is Cc1csc(CN2CCCC2CN)n1. The lowest BCUT2D eigenvalue weighted by Gasteiger charge is -2.21. The predicted octanol–water partition coefficient (Wildman–Crippen LogP) is 1.37. The molecule has 0 aliphatic carbocycles.